The molecule has 1 aliphatic rings. The van der Waals surface area contributed by atoms with Crippen molar-refractivity contribution in [3.63, 3.8) is 0 Å². The van der Waals surface area contributed by atoms with Crippen molar-refractivity contribution in [2.75, 3.05) is 19.8 Å². The number of rotatable bonds is 6. The van der Waals surface area contributed by atoms with Crippen LogP contribution < -0.4 is 11.1 Å². The summed E-state index contributed by atoms with van der Waals surface area (Å²) in [7, 11) is 0. The summed E-state index contributed by atoms with van der Waals surface area (Å²) in [4.78, 5) is 0. The van der Waals surface area contributed by atoms with Crippen molar-refractivity contribution in [2.45, 2.75) is 45.2 Å². The highest BCUT2D eigenvalue weighted by molar-refractivity contribution is 4.77. The van der Waals surface area contributed by atoms with Gasteiger partial charge in [-0.1, -0.05) is 13.3 Å². The van der Waals surface area contributed by atoms with Gasteiger partial charge in [0.15, 0.2) is 0 Å². The highest BCUT2D eigenvalue weighted by atomic mass is 16.5. The van der Waals surface area contributed by atoms with Gasteiger partial charge in [0.05, 0.1) is 6.61 Å². The van der Waals surface area contributed by atoms with Crippen molar-refractivity contribution in [1.82, 2.24) is 5.32 Å². The molecule has 0 radical (unpaired) electrons. The summed E-state index contributed by atoms with van der Waals surface area (Å²) in [5.41, 5.74) is 5.94. The van der Waals surface area contributed by atoms with E-state index in [4.69, 9.17) is 10.5 Å². The van der Waals surface area contributed by atoms with Crippen LogP contribution in [-0.2, 0) is 4.74 Å². The van der Waals surface area contributed by atoms with Gasteiger partial charge in [0.25, 0.3) is 0 Å². The van der Waals surface area contributed by atoms with E-state index >= 15 is 0 Å². The number of ether oxygens (including phenoxy) is 1. The Bertz CT molecular complexity index is 146. The molecule has 84 valence electrons. The van der Waals surface area contributed by atoms with Gasteiger partial charge in [-0.15, -0.1) is 0 Å². The molecule has 14 heavy (non-hydrogen) atoms. The minimum Gasteiger partial charge on any atom is -0.381 e. The number of nitrogens with one attached hydrogen (secondary N) is 1. The lowest BCUT2D eigenvalue weighted by Gasteiger charge is -2.21. The molecule has 1 rings (SSSR count). The highest BCUT2D eigenvalue weighted by Gasteiger charge is 2.21. The Morgan fingerprint density at radius 3 is 2.93 bits per heavy atom. The Morgan fingerprint density at radius 1 is 1.57 bits per heavy atom. The Balaban J connectivity index is 2.10. The van der Waals surface area contributed by atoms with Crippen LogP contribution in [0.2, 0.25) is 0 Å². The molecular formula is C11H24N2O. The fourth-order valence-corrected chi connectivity index (χ4v) is 1.92. The second-order valence-electron chi connectivity index (χ2n) is 4.37. The minimum atomic E-state index is 0.310. The van der Waals surface area contributed by atoms with Crippen LogP contribution in [0.3, 0.4) is 0 Å². The summed E-state index contributed by atoms with van der Waals surface area (Å²) in [6.07, 6.45) is 3.47. The summed E-state index contributed by atoms with van der Waals surface area (Å²) >= 11 is 0. The monoisotopic (exact) mass is 200 g/mol. The van der Waals surface area contributed by atoms with Crippen molar-refractivity contribution in [1.29, 1.82) is 0 Å². The zero-order valence-corrected chi connectivity index (χ0v) is 9.46. The van der Waals surface area contributed by atoms with Crippen molar-refractivity contribution in [3.05, 3.63) is 0 Å². The van der Waals surface area contributed by atoms with E-state index in [2.05, 4.69) is 19.2 Å². The van der Waals surface area contributed by atoms with Crippen molar-refractivity contribution in [2.24, 2.45) is 11.7 Å². The fraction of sp³-hybridized carbons (Fsp3) is 1.00. The van der Waals surface area contributed by atoms with Gasteiger partial charge < -0.3 is 15.8 Å². The number of nitrogens with two attached hydrogens (primary N) is 1. The lowest BCUT2D eigenvalue weighted by atomic mass is 10.0. The van der Waals surface area contributed by atoms with E-state index in [1.807, 2.05) is 0 Å². The third kappa shape index (κ3) is 3.95. The lowest BCUT2D eigenvalue weighted by Crippen LogP contribution is -2.41. The predicted molar refractivity (Wildman–Crippen MR) is 59.3 cm³/mol. The van der Waals surface area contributed by atoms with Gasteiger partial charge in [-0.3, -0.25) is 0 Å². The second kappa shape index (κ2) is 6.38. The molecule has 3 nitrogen and oxygen atoms in total. The SMILES string of the molecule is CCCC(N)CNC(C)C1CCOC1. The van der Waals surface area contributed by atoms with Crippen LogP contribution in [-0.4, -0.2) is 31.8 Å². The van der Waals surface area contributed by atoms with Crippen molar-refractivity contribution in [3.8, 4) is 0 Å². The van der Waals surface area contributed by atoms with Gasteiger partial charge in [-0.2, -0.15) is 0 Å². The van der Waals surface area contributed by atoms with E-state index in [0.717, 1.165) is 26.2 Å². The normalized spacial score (nSPS) is 26.4. The smallest absolute Gasteiger partial charge is 0.0509 e. The molecule has 0 spiro atoms. The molecular weight excluding hydrogens is 176 g/mol. The van der Waals surface area contributed by atoms with E-state index in [9.17, 15) is 0 Å². The maximum Gasteiger partial charge on any atom is 0.0509 e. The first kappa shape index (κ1) is 12.0. The molecule has 3 N–H and O–H groups in total. The maximum atomic E-state index is 5.94. The predicted octanol–water partition coefficient (Wildman–Crippen LogP) is 1.13. The van der Waals surface area contributed by atoms with Crippen LogP contribution in [0.15, 0.2) is 0 Å². The Labute approximate surface area is 87.4 Å². The summed E-state index contributed by atoms with van der Waals surface area (Å²) in [6, 6.07) is 0.852. The first-order valence-electron chi connectivity index (χ1n) is 5.80. The summed E-state index contributed by atoms with van der Waals surface area (Å²) in [5, 5.41) is 3.50. The molecule has 0 aliphatic carbocycles. The third-order valence-corrected chi connectivity index (χ3v) is 3.03. The quantitative estimate of drug-likeness (QED) is 0.675. The van der Waals surface area contributed by atoms with E-state index in [1.54, 1.807) is 0 Å². The molecule has 0 aromatic carbocycles. The number of hydrogen-bond donors (Lipinski definition) is 2. The third-order valence-electron chi connectivity index (χ3n) is 3.03. The van der Waals surface area contributed by atoms with Gasteiger partial charge in [-0.05, 0) is 25.7 Å². The first-order valence-corrected chi connectivity index (χ1v) is 5.80. The van der Waals surface area contributed by atoms with Crippen LogP contribution >= 0.6 is 0 Å². The fourth-order valence-electron chi connectivity index (χ4n) is 1.92. The zero-order chi connectivity index (χ0) is 10.4. The molecule has 1 saturated heterocycles. The standard InChI is InChI=1S/C11H24N2O/c1-3-4-11(12)7-13-9(2)10-5-6-14-8-10/h9-11,13H,3-8,12H2,1-2H3. The zero-order valence-electron chi connectivity index (χ0n) is 9.46. The van der Waals surface area contributed by atoms with E-state index in [1.165, 1.54) is 12.8 Å². The molecule has 1 fully saturated rings. The topological polar surface area (TPSA) is 47.3 Å². The van der Waals surface area contributed by atoms with Crippen LogP contribution in [0.1, 0.15) is 33.1 Å². The minimum absolute atomic E-state index is 0.310. The molecule has 0 saturated carbocycles. The highest BCUT2D eigenvalue weighted by Crippen LogP contribution is 2.16. The van der Waals surface area contributed by atoms with Gasteiger partial charge in [0, 0.05) is 25.2 Å². The van der Waals surface area contributed by atoms with E-state index in [0.29, 0.717) is 18.0 Å². The van der Waals surface area contributed by atoms with Gasteiger partial charge in [0.2, 0.25) is 0 Å². The van der Waals surface area contributed by atoms with Crippen LogP contribution in [0, 0.1) is 5.92 Å². The van der Waals surface area contributed by atoms with Crippen LogP contribution in [0.5, 0.6) is 0 Å². The molecule has 1 heterocycles. The average molecular weight is 200 g/mol. The molecule has 0 aromatic rings. The molecule has 3 unspecified atom stereocenters. The number of hydrogen-bond acceptors (Lipinski definition) is 3. The van der Waals surface area contributed by atoms with Gasteiger partial charge in [0.1, 0.15) is 0 Å². The maximum absolute atomic E-state index is 5.94. The Hall–Kier alpha value is -0.120. The molecule has 3 atom stereocenters. The molecule has 0 bridgehead atoms. The van der Waals surface area contributed by atoms with Crippen LogP contribution in [0.4, 0.5) is 0 Å². The second-order valence-corrected chi connectivity index (χ2v) is 4.37. The van der Waals surface area contributed by atoms with E-state index in [-0.39, 0.29) is 0 Å². The summed E-state index contributed by atoms with van der Waals surface area (Å²) < 4.78 is 5.36. The molecule has 3 heteroatoms. The Kier molecular flexibility index (Phi) is 5.45. The van der Waals surface area contributed by atoms with Gasteiger partial charge in [-0.25, -0.2) is 0 Å². The molecule has 1 aliphatic heterocycles. The Morgan fingerprint density at radius 2 is 2.36 bits per heavy atom. The largest absolute Gasteiger partial charge is 0.381 e. The molecule has 0 amide bonds. The summed E-state index contributed by atoms with van der Waals surface area (Å²) in [6.45, 7) is 7.19. The van der Waals surface area contributed by atoms with Crippen molar-refractivity contribution < 1.29 is 4.74 Å². The van der Waals surface area contributed by atoms with E-state index < -0.39 is 0 Å². The van der Waals surface area contributed by atoms with Crippen molar-refractivity contribution >= 4 is 0 Å². The first-order chi connectivity index (χ1) is 6.74. The van der Waals surface area contributed by atoms with Gasteiger partial charge >= 0.3 is 0 Å². The van der Waals surface area contributed by atoms with Crippen LogP contribution in [0.25, 0.3) is 0 Å². The average Bonchev–Trinajstić information content (AvgIpc) is 2.67. The molecule has 0 aromatic heterocycles. The lowest BCUT2D eigenvalue weighted by molar-refractivity contribution is 0.178. The summed E-state index contributed by atoms with van der Waals surface area (Å²) in [5.74, 6) is 0.684.